The molecule has 1 heterocycles. The summed E-state index contributed by atoms with van der Waals surface area (Å²) in [6.07, 6.45) is 0.148. The maximum absolute atomic E-state index is 12.3. The molecule has 2 rings (SSSR count). The fraction of sp³-hybridized carbons (Fsp3) is 0.611. The Kier molecular flexibility index (Phi) is 12.4. The minimum atomic E-state index is -0.199. The van der Waals surface area contributed by atoms with Crippen molar-refractivity contribution < 1.29 is 19.0 Å². The van der Waals surface area contributed by atoms with Crippen LogP contribution in [0.25, 0.3) is 0 Å². The van der Waals surface area contributed by atoms with Crippen LogP contribution in [0, 0.1) is 0 Å². The predicted octanol–water partition coefficient (Wildman–Crippen LogP) is 1.56. The molecular formula is C18H31Cl2N3O4. The van der Waals surface area contributed by atoms with E-state index in [0.29, 0.717) is 13.0 Å². The fourth-order valence-electron chi connectivity index (χ4n) is 2.96. The highest BCUT2D eigenvalue weighted by atomic mass is 35.5. The summed E-state index contributed by atoms with van der Waals surface area (Å²) in [5.74, 6) is 1.69. The summed E-state index contributed by atoms with van der Waals surface area (Å²) < 4.78 is 15.8. The number of nitrogens with zero attached hydrogens (tertiary/aromatic N) is 2. The van der Waals surface area contributed by atoms with Gasteiger partial charge >= 0.3 is 0 Å². The number of carbonyl (C=O) groups is 1. The molecule has 1 amide bonds. The van der Waals surface area contributed by atoms with Crippen LogP contribution >= 0.6 is 24.8 Å². The molecule has 27 heavy (non-hydrogen) atoms. The van der Waals surface area contributed by atoms with Crippen molar-refractivity contribution in [3.8, 4) is 11.5 Å². The third-order valence-electron chi connectivity index (χ3n) is 4.54. The van der Waals surface area contributed by atoms with Gasteiger partial charge in [-0.15, -0.1) is 24.8 Å². The zero-order valence-corrected chi connectivity index (χ0v) is 17.8. The van der Waals surface area contributed by atoms with E-state index in [0.717, 1.165) is 49.8 Å². The molecule has 1 aromatic rings. The van der Waals surface area contributed by atoms with E-state index in [1.54, 1.807) is 21.3 Å². The van der Waals surface area contributed by atoms with Crippen LogP contribution in [0.2, 0.25) is 0 Å². The Morgan fingerprint density at radius 2 is 1.59 bits per heavy atom. The molecule has 1 unspecified atom stereocenters. The second-order valence-corrected chi connectivity index (χ2v) is 6.18. The average Bonchev–Trinajstić information content (AvgIpc) is 2.66. The topological polar surface area (TPSA) is 77.3 Å². The summed E-state index contributed by atoms with van der Waals surface area (Å²) in [5.41, 5.74) is 6.73. The first-order chi connectivity index (χ1) is 12.1. The Hall–Kier alpha value is -1.25. The quantitative estimate of drug-likeness (QED) is 0.683. The lowest BCUT2D eigenvalue weighted by atomic mass is 10.1. The first-order valence-electron chi connectivity index (χ1n) is 8.54. The van der Waals surface area contributed by atoms with Crippen molar-refractivity contribution >= 4 is 30.7 Å². The number of rotatable bonds is 8. The number of methoxy groups -OCH3 is 3. The summed E-state index contributed by atoms with van der Waals surface area (Å²) in [5, 5.41) is 0. The SMILES string of the molecule is COc1cc(CN2CCN(C(=O)CC(CN)OC)CC2)cc(OC)c1.Cl.Cl. The largest absolute Gasteiger partial charge is 0.497 e. The molecule has 1 aliphatic heterocycles. The standard InChI is InChI=1S/C18H29N3O4.2ClH/c1-23-15-8-14(9-16(10-15)24-2)13-20-4-6-21(7-5-20)18(22)11-17(12-19)25-3;;/h8-10,17H,4-7,11-13,19H2,1-3H3;2*1H. The van der Waals surface area contributed by atoms with Crippen LogP contribution in [0.15, 0.2) is 18.2 Å². The van der Waals surface area contributed by atoms with Crippen LogP contribution in [0.1, 0.15) is 12.0 Å². The molecular weight excluding hydrogens is 393 g/mol. The highest BCUT2D eigenvalue weighted by Crippen LogP contribution is 2.23. The molecule has 1 saturated heterocycles. The number of amides is 1. The molecule has 0 aliphatic carbocycles. The molecule has 0 saturated carbocycles. The van der Waals surface area contributed by atoms with Crippen molar-refractivity contribution in [3.05, 3.63) is 23.8 Å². The molecule has 9 heteroatoms. The van der Waals surface area contributed by atoms with Gasteiger partial charge in [-0.25, -0.2) is 0 Å². The van der Waals surface area contributed by atoms with E-state index in [9.17, 15) is 4.79 Å². The fourth-order valence-corrected chi connectivity index (χ4v) is 2.96. The van der Waals surface area contributed by atoms with Crippen molar-refractivity contribution in [2.45, 2.75) is 19.1 Å². The second-order valence-electron chi connectivity index (χ2n) is 6.18. The maximum atomic E-state index is 12.3. The Morgan fingerprint density at radius 1 is 1.04 bits per heavy atom. The predicted molar refractivity (Wildman–Crippen MR) is 110 cm³/mol. The lowest BCUT2D eigenvalue weighted by Crippen LogP contribution is -2.49. The Morgan fingerprint density at radius 3 is 2.04 bits per heavy atom. The lowest BCUT2D eigenvalue weighted by Gasteiger charge is -2.35. The van der Waals surface area contributed by atoms with Crippen LogP contribution in [0.4, 0.5) is 0 Å². The van der Waals surface area contributed by atoms with Gasteiger partial charge in [0.2, 0.25) is 5.91 Å². The average molecular weight is 424 g/mol. The molecule has 1 fully saturated rings. The van der Waals surface area contributed by atoms with Gasteiger partial charge in [-0.2, -0.15) is 0 Å². The third kappa shape index (κ3) is 7.71. The Labute approximate surface area is 173 Å². The molecule has 1 aliphatic rings. The summed E-state index contributed by atoms with van der Waals surface area (Å²) >= 11 is 0. The number of piperazine rings is 1. The van der Waals surface area contributed by atoms with E-state index < -0.39 is 0 Å². The van der Waals surface area contributed by atoms with Crippen LogP contribution in [-0.4, -0.2) is 75.9 Å². The van der Waals surface area contributed by atoms with Crippen LogP contribution < -0.4 is 15.2 Å². The van der Waals surface area contributed by atoms with E-state index in [1.807, 2.05) is 23.1 Å². The van der Waals surface area contributed by atoms with Gasteiger partial charge in [-0.1, -0.05) is 0 Å². The van der Waals surface area contributed by atoms with E-state index in [4.69, 9.17) is 19.9 Å². The van der Waals surface area contributed by atoms with Gasteiger partial charge in [-0.05, 0) is 17.7 Å². The second kappa shape index (κ2) is 13.0. The normalized spacial score (nSPS) is 15.3. The van der Waals surface area contributed by atoms with Gasteiger partial charge < -0.3 is 24.8 Å². The van der Waals surface area contributed by atoms with Gasteiger partial charge in [-0.3, -0.25) is 9.69 Å². The molecule has 0 aromatic heterocycles. The minimum absolute atomic E-state index is 0. The molecule has 156 valence electrons. The highest BCUT2D eigenvalue weighted by Gasteiger charge is 2.23. The van der Waals surface area contributed by atoms with Crippen molar-refractivity contribution in [1.82, 2.24) is 9.80 Å². The summed E-state index contributed by atoms with van der Waals surface area (Å²) in [4.78, 5) is 16.5. The Balaban J connectivity index is 0.00000338. The molecule has 0 radical (unpaired) electrons. The Bertz CT molecular complexity index is 543. The minimum Gasteiger partial charge on any atom is -0.497 e. The van der Waals surface area contributed by atoms with Crippen molar-refractivity contribution in [2.75, 3.05) is 54.1 Å². The monoisotopic (exact) mass is 423 g/mol. The first kappa shape index (κ1) is 25.8. The zero-order valence-electron chi connectivity index (χ0n) is 16.2. The zero-order chi connectivity index (χ0) is 18.2. The molecule has 1 atom stereocenters. The number of nitrogens with two attached hydrogens (primary N) is 1. The third-order valence-corrected chi connectivity index (χ3v) is 4.54. The number of hydrogen-bond donors (Lipinski definition) is 1. The summed E-state index contributed by atoms with van der Waals surface area (Å²) in [6, 6.07) is 5.90. The number of carbonyl (C=O) groups excluding carboxylic acids is 1. The smallest absolute Gasteiger partial charge is 0.225 e. The van der Waals surface area contributed by atoms with Crippen molar-refractivity contribution in [3.63, 3.8) is 0 Å². The van der Waals surface area contributed by atoms with Gasteiger partial charge in [0.25, 0.3) is 0 Å². The van der Waals surface area contributed by atoms with E-state index in [-0.39, 0.29) is 36.8 Å². The van der Waals surface area contributed by atoms with E-state index >= 15 is 0 Å². The van der Waals surface area contributed by atoms with Crippen LogP contribution in [0.5, 0.6) is 11.5 Å². The van der Waals surface area contributed by atoms with Gasteiger partial charge in [0.1, 0.15) is 11.5 Å². The van der Waals surface area contributed by atoms with E-state index in [2.05, 4.69) is 4.90 Å². The number of hydrogen-bond acceptors (Lipinski definition) is 6. The van der Waals surface area contributed by atoms with Gasteiger partial charge in [0.15, 0.2) is 0 Å². The molecule has 2 N–H and O–H groups in total. The van der Waals surface area contributed by atoms with Gasteiger partial charge in [0, 0.05) is 52.4 Å². The molecule has 1 aromatic carbocycles. The van der Waals surface area contributed by atoms with Crippen molar-refractivity contribution in [1.29, 1.82) is 0 Å². The first-order valence-corrected chi connectivity index (χ1v) is 8.54. The molecule has 0 spiro atoms. The number of ether oxygens (including phenoxy) is 3. The van der Waals surface area contributed by atoms with Crippen LogP contribution in [-0.2, 0) is 16.1 Å². The van der Waals surface area contributed by atoms with Crippen molar-refractivity contribution in [2.24, 2.45) is 5.73 Å². The van der Waals surface area contributed by atoms with E-state index in [1.165, 1.54) is 0 Å². The lowest BCUT2D eigenvalue weighted by molar-refractivity contribution is -0.135. The molecule has 7 nitrogen and oxygen atoms in total. The van der Waals surface area contributed by atoms with Crippen LogP contribution in [0.3, 0.4) is 0 Å². The molecule has 0 bridgehead atoms. The summed E-state index contributed by atoms with van der Waals surface area (Å²) in [7, 11) is 4.89. The summed E-state index contributed by atoms with van der Waals surface area (Å²) in [6.45, 7) is 4.29. The highest BCUT2D eigenvalue weighted by molar-refractivity contribution is 5.85. The number of benzene rings is 1. The number of halogens is 2. The van der Waals surface area contributed by atoms with Gasteiger partial charge in [0.05, 0.1) is 26.7 Å². The maximum Gasteiger partial charge on any atom is 0.225 e.